The van der Waals surface area contributed by atoms with Gasteiger partial charge in [0.15, 0.2) is 0 Å². The SMILES string of the molecule is Cc1cc(C)c(-c2cnc(NC3CCCN(C4CC(C)(O)C4)C3)nn2)c(O)c1. The van der Waals surface area contributed by atoms with Crippen LogP contribution in [-0.4, -0.2) is 61.1 Å². The fraction of sp³-hybridized carbons (Fsp3) is 0.571. The number of hydrogen-bond donors (Lipinski definition) is 3. The number of aromatic nitrogens is 3. The number of anilines is 1. The highest BCUT2D eigenvalue weighted by atomic mass is 16.3. The Morgan fingerprint density at radius 2 is 2.00 bits per heavy atom. The number of likely N-dealkylation sites (tertiary alicyclic amines) is 1. The van der Waals surface area contributed by atoms with Crippen LogP contribution in [0.5, 0.6) is 5.75 Å². The molecule has 1 aromatic heterocycles. The first kappa shape index (κ1) is 19.1. The lowest BCUT2D eigenvalue weighted by atomic mass is 9.76. The van der Waals surface area contributed by atoms with Crippen LogP contribution in [-0.2, 0) is 0 Å². The lowest BCUT2D eigenvalue weighted by Crippen LogP contribution is -2.57. The molecule has 7 nitrogen and oxygen atoms in total. The third-order valence-electron chi connectivity index (χ3n) is 5.93. The lowest BCUT2D eigenvalue weighted by molar-refractivity contribution is -0.0823. The maximum Gasteiger partial charge on any atom is 0.242 e. The molecule has 1 saturated carbocycles. The van der Waals surface area contributed by atoms with Gasteiger partial charge in [0.2, 0.25) is 5.95 Å². The van der Waals surface area contributed by atoms with Gasteiger partial charge in [0, 0.05) is 24.2 Å². The molecular formula is C21H29N5O2. The predicted octanol–water partition coefficient (Wildman–Crippen LogP) is 2.65. The van der Waals surface area contributed by atoms with E-state index in [0.717, 1.165) is 49.9 Å². The summed E-state index contributed by atoms with van der Waals surface area (Å²) in [6, 6.07) is 4.50. The molecular weight excluding hydrogens is 354 g/mol. The highest BCUT2D eigenvalue weighted by Gasteiger charge is 2.42. The minimum Gasteiger partial charge on any atom is -0.507 e. The number of aromatic hydroxyl groups is 1. The van der Waals surface area contributed by atoms with E-state index in [0.29, 0.717) is 23.2 Å². The van der Waals surface area contributed by atoms with Crippen LogP contribution < -0.4 is 5.32 Å². The van der Waals surface area contributed by atoms with Crippen molar-refractivity contribution in [1.29, 1.82) is 0 Å². The number of nitrogens with zero attached hydrogens (tertiary/aromatic N) is 4. The maximum absolute atomic E-state index is 10.3. The van der Waals surface area contributed by atoms with Crippen molar-refractivity contribution < 1.29 is 10.2 Å². The van der Waals surface area contributed by atoms with Gasteiger partial charge in [-0.15, -0.1) is 10.2 Å². The number of phenols is 1. The molecule has 1 atom stereocenters. The van der Waals surface area contributed by atoms with Gasteiger partial charge in [-0.1, -0.05) is 6.07 Å². The van der Waals surface area contributed by atoms with E-state index in [2.05, 4.69) is 25.4 Å². The van der Waals surface area contributed by atoms with Crippen molar-refractivity contribution in [2.75, 3.05) is 18.4 Å². The first-order valence-corrected chi connectivity index (χ1v) is 10.0. The average molecular weight is 383 g/mol. The Bertz CT molecular complexity index is 821. The first-order chi connectivity index (χ1) is 13.3. The van der Waals surface area contributed by atoms with Crippen molar-refractivity contribution in [3.05, 3.63) is 29.5 Å². The number of hydrogen-bond acceptors (Lipinski definition) is 7. The topological polar surface area (TPSA) is 94.4 Å². The summed E-state index contributed by atoms with van der Waals surface area (Å²) in [5.41, 5.74) is 2.72. The third kappa shape index (κ3) is 3.95. The monoisotopic (exact) mass is 383 g/mol. The Morgan fingerprint density at radius 3 is 2.64 bits per heavy atom. The molecule has 1 unspecified atom stereocenters. The molecule has 1 aliphatic heterocycles. The quantitative estimate of drug-likeness (QED) is 0.747. The molecule has 1 saturated heterocycles. The number of aliphatic hydroxyl groups is 1. The number of aryl methyl sites for hydroxylation is 2. The number of benzene rings is 1. The first-order valence-electron chi connectivity index (χ1n) is 10.0. The number of rotatable bonds is 4. The second kappa shape index (κ2) is 7.29. The van der Waals surface area contributed by atoms with E-state index >= 15 is 0 Å². The molecule has 1 aliphatic carbocycles. The molecule has 0 amide bonds. The smallest absolute Gasteiger partial charge is 0.242 e. The summed E-state index contributed by atoms with van der Waals surface area (Å²) in [5, 5.41) is 32.2. The summed E-state index contributed by atoms with van der Waals surface area (Å²) in [7, 11) is 0. The van der Waals surface area contributed by atoms with Crippen LogP contribution in [0.3, 0.4) is 0 Å². The summed E-state index contributed by atoms with van der Waals surface area (Å²) in [4.78, 5) is 6.89. The highest BCUT2D eigenvalue weighted by molar-refractivity contribution is 5.70. The summed E-state index contributed by atoms with van der Waals surface area (Å²) in [6.45, 7) is 7.83. The minimum atomic E-state index is -0.492. The molecule has 2 aliphatic rings. The van der Waals surface area contributed by atoms with Crippen LogP contribution in [0.2, 0.25) is 0 Å². The molecule has 1 aromatic carbocycles. The Hall–Kier alpha value is -2.25. The molecule has 28 heavy (non-hydrogen) atoms. The van der Waals surface area contributed by atoms with Crippen LogP contribution in [0.15, 0.2) is 18.3 Å². The molecule has 4 rings (SSSR count). The van der Waals surface area contributed by atoms with Crippen LogP contribution in [0.25, 0.3) is 11.3 Å². The van der Waals surface area contributed by atoms with Crippen molar-refractivity contribution >= 4 is 5.95 Å². The van der Waals surface area contributed by atoms with Gasteiger partial charge in [-0.25, -0.2) is 4.98 Å². The summed E-state index contributed by atoms with van der Waals surface area (Å²) >= 11 is 0. The lowest BCUT2D eigenvalue weighted by Gasteiger charge is -2.49. The molecule has 7 heteroatoms. The minimum absolute atomic E-state index is 0.202. The Balaban J connectivity index is 1.41. The molecule has 2 fully saturated rings. The van der Waals surface area contributed by atoms with E-state index in [9.17, 15) is 10.2 Å². The van der Waals surface area contributed by atoms with Gasteiger partial charge in [0.25, 0.3) is 0 Å². The van der Waals surface area contributed by atoms with Gasteiger partial charge in [0.05, 0.1) is 11.8 Å². The Morgan fingerprint density at radius 1 is 1.21 bits per heavy atom. The van der Waals surface area contributed by atoms with E-state index in [-0.39, 0.29) is 11.8 Å². The van der Waals surface area contributed by atoms with Crippen molar-refractivity contribution in [2.24, 2.45) is 0 Å². The average Bonchev–Trinajstić information content (AvgIpc) is 2.60. The molecule has 150 valence electrons. The fourth-order valence-corrected chi connectivity index (χ4v) is 4.59. The second-order valence-corrected chi connectivity index (χ2v) is 8.68. The zero-order valence-corrected chi connectivity index (χ0v) is 16.8. The number of nitrogens with one attached hydrogen (secondary N) is 1. The highest BCUT2D eigenvalue weighted by Crippen LogP contribution is 2.36. The number of phenolic OH excluding ortho intramolecular Hbond substituents is 1. The molecule has 0 bridgehead atoms. The zero-order chi connectivity index (χ0) is 19.9. The normalized spacial score (nSPS) is 28.0. The Labute approximate surface area is 165 Å². The summed E-state index contributed by atoms with van der Waals surface area (Å²) in [6.07, 6.45) is 5.56. The fourth-order valence-electron chi connectivity index (χ4n) is 4.59. The van der Waals surface area contributed by atoms with E-state index in [4.69, 9.17) is 0 Å². The van der Waals surface area contributed by atoms with E-state index < -0.39 is 5.60 Å². The van der Waals surface area contributed by atoms with Crippen LogP contribution in [0, 0.1) is 13.8 Å². The molecule has 2 aromatic rings. The second-order valence-electron chi connectivity index (χ2n) is 8.68. The largest absolute Gasteiger partial charge is 0.507 e. The van der Waals surface area contributed by atoms with Gasteiger partial charge in [-0.3, -0.25) is 4.90 Å². The van der Waals surface area contributed by atoms with E-state index in [1.165, 1.54) is 0 Å². The van der Waals surface area contributed by atoms with E-state index in [1.807, 2.05) is 26.8 Å². The van der Waals surface area contributed by atoms with Gasteiger partial charge < -0.3 is 15.5 Å². The number of piperidine rings is 1. The molecule has 0 radical (unpaired) electrons. The third-order valence-corrected chi connectivity index (χ3v) is 5.93. The van der Waals surface area contributed by atoms with Crippen LogP contribution in [0.1, 0.15) is 43.7 Å². The molecule has 2 heterocycles. The summed E-state index contributed by atoms with van der Waals surface area (Å²) < 4.78 is 0. The van der Waals surface area contributed by atoms with E-state index in [1.54, 1.807) is 12.3 Å². The zero-order valence-electron chi connectivity index (χ0n) is 16.8. The van der Waals surface area contributed by atoms with Crippen molar-refractivity contribution in [2.45, 2.75) is 64.1 Å². The van der Waals surface area contributed by atoms with Gasteiger partial charge in [0.1, 0.15) is 11.4 Å². The molecule has 0 spiro atoms. The van der Waals surface area contributed by atoms with Crippen molar-refractivity contribution in [3.8, 4) is 17.0 Å². The maximum atomic E-state index is 10.3. The Kier molecular flexibility index (Phi) is 4.97. The van der Waals surface area contributed by atoms with Crippen LogP contribution in [0.4, 0.5) is 5.95 Å². The van der Waals surface area contributed by atoms with Gasteiger partial charge in [-0.05, 0) is 70.2 Å². The van der Waals surface area contributed by atoms with Gasteiger partial charge in [-0.2, -0.15) is 0 Å². The van der Waals surface area contributed by atoms with Crippen LogP contribution >= 0.6 is 0 Å². The van der Waals surface area contributed by atoms with Gasteiger partial charge >= 0.3 is 0 Å². The predicted molar refractivity (Wildman–Crippen MR) is 108 cm³/mol. The van der Waals surface area contributed by atoms with Crippen molar-refractivity contribution in [3.63, 3.8) is 0 Å². The standard InChI is InChI=1S/C21H29N5O2/c1-13-7-14(2)19(18(27)8-13)17-11-22-20(25-24-17)23-15-5-4-6-26(12-15)16-9-21(3,28)10-16/h7-8,11,15-16,27-28H,4-6,9-10,12H2,1-3H3,(H,22,23,25). The molecule has 3 N–H and O–H groups in total. The van der Waals surface area contributed by atoms with Crippen molar-refractivity contribution in [1.82, 2.24) is 20.1 Å². The summed E-state index contributed by atoms with van der Waals surface area (Å²) in [5.74, 6) is 0.717.